The van der Waals surface area contributed by atoms with E-state index in [0.717, 1.165) is 52.0 Å². The first-order valence-corrected chi connectivity index (χ1v) is 8.37. The van der Waals surface area contributed by atoms with Crippen LogP contribution in [-0.4, -0.2) is 70.2 Å². The molecular weight excluding hydrogens is 294 g/mol. The third kappa shape index (κ3) is 2.43. The number of rotatable bonds is 1. The summed E-state index contributed by atoms with van der Waals surface area (Å²) in [4.78, 5) is 28.9. The Morgan fingerprint density at radius 3 is 2.78 bits per heavy atom. The van der Waals surface area contributed by atoms with E-state index < -0.39 is 0 Å². The van der Waals surface area contributed by atoms with E-state index in [1.807, 2.05) is 4.90 Å². The molecule has 2 amide bonds. The standard InChI is InChI=1S/C16H23N5O2/c1-19-12(2-5-18-19)15(23)20-7-3-16(4-8-20)10-13-14(22)17-6-9-21(13)11-16/h2,5,13H,3-4,6-11H2,1H3,(H,17,22). The summed E-state index contributed by atoms with van der Waals surface area (Å²) in [5.41, 5.74) is 0.847. The summed E-state index contributed by atoms with van der Waals surface area (Å²) < 4.78 is 1.63. The van der Waals surface area contributed by atoms with E-state index in [1.54, 1.807) is 24.0 Å². The van der Waals surface area contributed by atoms with Crippen molar-refractivity contribution >= 4 is 11.8 Å². The maximum Gasteiger partial charge on any atom is 0.272 e. The number of carbonyl (C=O) groups is 2. The largest absolute Gasteiger partial charge is 0.353 e. The highest BCUT2D eigenvalue weighted by atomic mass is 16.2. The molecule has 0 saturated carbocycles. The van der Waals surface area contributed by atoms with Gasteiger partial charge in [0.25, 0.3) is 5.91 Å². The zero-order valence-electron chi connectivity index (χ0n) is 13.5. The summed E-state index contributed by atoms with van der Waals surface area (Å²) in [7, 11) is 1.80. The third-order valence-corrected chi connectivity index (χ3v) is 5.76. The molecule has 0 aliphatic carbocycles. The summed E-state index contributed by atoms with van der Waals surface area (Å²) in [6.07, 6.45) is 4.56. The number of hydrogen-bond donors (Lipinski definition) is 1. The molecule has 4 rings (SSSR count). The average Bonchev–Trinajstić information content (AvgIpc) is 3.12. The van der Waals surface area contributed by atoms with Gasteiger partial charge in [-0.15, -0.1) is 0 Å². The SMILES string of the molecule is Cn1nccc1C(=O)N1CCC2(CC1)CC1C(=O)NCCN1C2. The number of nitrogens with one attached hydrogen (secondary N) is 1. The average molecular weight is 317 g/mol. The number of carbonyl (C=O) groups excluding carboxylic acids is 2. The van der Waals surface area contributed by atoms with Gasteiger partial charge >= 0.3 is 0 Å². The molecule has 1 N–H and O–H groups in total. The van der Waals surface area contributed by atoms with E-state index in [4.69, 9.17) is 0 Å². The Labute approximate surface area is 135 Å². The van der Waals surface area contributed by atoms with Crippen LogP contribution >= 0.6 is 0 Å². The lowest BCUT2D eigenvalue weighted by atomic mass is 9.76. The van der Waals surface area contributed by atoms with Crippen molar-refractivity contribution < 1.29 is 9.59 Å². The van der Waals surface area contributed by atoms with Gasteiger partial charge in [-0.05, 0) is 30.7 Å². The molecular formula is C16H23N5O2. The van der Waals surface area contributed by atoms with Crippen molar-refractivity contribution in [2.75, 3.05) is 32.7 Å². The molecule has 1 aromatic rings. The first-order chi connectivity index (χ1) is 11.1. The van der Waals surface area contributed by atoms with Crippen molar-refractivity contribution in [3.8, 4) is 0 Å². The molecule has 3 aliphatic heterocycles. The second kappa shape index (κ2) is 5.33. The van der Waals surface area contributed by atoms with Crippen molar-refractivity contribution in [3.05, 3.63) is 18.0 Å². The van der Waals surface area contributed by atoms with Crippen LogP contribution in [0.15, 0.2) is 12.3 Å². The monoisotopic (exact) mass is 317 g/mol. The predicted molar refractivity (Wildman–Crippen MR) is 83.8 cm³/mol. The Hall–Kier alpha value is -1.89. The minimum Gasteiger partial charge on any atom is -0.353 e. The second-order valence-corrected chi connectivity index (χ2v) is 7.11. The summed E-state index contributed by atoms with van der Waals surface area (Å²) in [5, 5.41) is 7.05. The van der Waals surface area contributed by atoms with Crippen LogP contribution in [0.3, 0.4) is 0 Å². The van der Waals surface area contributed by atoms with E-state index >= 15 is 0 Å². The first-order valence-electron chi connectivity index (χ1n) is 8.37. The lowest BCUT2D eigenvalue weighted by Crippen LogP contribution is -2.52. The van der Waals surface area contributed by atoms with Crippen LogP contribution in [0.1, 0.15) is 29.8 Å². The van der Waals surface area contributed by atoms with Crippen LogP contribution in [0.2, 0.25) is 0 Å². The number of aromatic nitrogens is 2. The molecule has 3 aliphatic rings. The molecule has 1 unspecified atom stereocenters. The quantitative estimate of drug-likeness (QED) is 0.782. The van der Waals surface area contributed by atoms with Gasteiger partial charge in [0.05, 0.1) is 6.04 Å². The lowest BCUT2D eigenvalue weighted by Gasteiger charge is -2.39. The Bertz CT molecular complexity index is 632. The second-order valence-electron chi connectivity index (χ2n) is 7.11. The van der Waals surface area contributed by atoms with Gasteiger partial charge in [0.1, 0.15) is 5.69 Å². The Kier molecular flexibility index (Phi) is 3.41. The number of hydrogen-bond acceptors (Lipinski definition) is 4. The maximum atomic E-state index is 12.6. The van der Waals surface area contributed by atoms with Crippen LogP contribution in [0.25, 0.3) is 0 Å². The minimum absolute atomic E-state index is 0.0445. The number of piperazine rings is 1. The molecule has 3 fully saturated rings. The van der Waals surface area contributed by atoms with Crippen LogP contribution < -0.4 is 5.32 Å². The molecule has 3 saturated heterocycles. The highest BCUT2D eigenvalue weighted by molar-refractivity contribution is 5.92. The number of aryl methyl sites for hydroxylation is 1. The smallest absolute Gasteiger partial charge is 0.272 e. The Morgan fingerprint density at radius 1 is 1.35 bits per heavy atom. The van der Waals surface area contributed by atoms with Gasteiger partial charge in [-0.3, -0.25) is 19.2 Å². The van der Waals surface area contributed by atoms with E-state index in [1.165, 1.54) is 0 Å². The Balaban J connectivity index is 1.42. The zero-order valence-corrected chi connectivity index (χ0v) is 13.5. The first kappa shape index (κ1) is 14.7. The number of likely N-dealkylation sites (tertiary alicyclic amines) is 1. The summed E-state index contributed by atoms with van der Waals surface area (Å²) in [6, 6.07) is 1.82. The molecule has 23 heavy (non-hydrogen) atoms. The van der Waals surface area contributed by atoms with Gasteiger partial charge < -0.3 is 10.2 Å². The summed E-state index contributed by atoms with van der Waals surface area (Å²) >= 11 is 0. The van der Waals surface area contributed by atoms with Gasteiger partial charge in [0, 0.05) is 46.0 Å². The maximum absolute atomic E-state index is 12.6. The van der Waals surface area contributed by atoms with Gasteiger partial charge in [0.2, 0.25) is 5.91 Å². The van der Waals surface area contributed by atoms with E-state index in [2.05, 4.69) is 15.3 Å². The highest BCUT2D eigenvalue weighted by Crippen LogP contribution is 2.43. The summed E-state index contributed by atoms with van der Waals surface area (Å²) in [6.45, 7) is 4.25. The van der Waals surface area contributed by atoms with Crippen LogP contribution in [0.4, 0.5) is 0 Å². The lowest BCUT2D eigenvalue weighted by molar-refractivity contribution is -0.127. The predicted octanol–water partition coefficient (Wildman–Crippen LogP) is -0.153. The summed E-state index contributed by atoms with van der Waals surface area (Å²) in [5.74, 6) is 0.245. The van der Waals surface area contributed by atoms with E-state index in [-0.39, 0.29) is 23.3 Å². The van der Waals surface area contributed by atoms with Gasteiger partial charge in [-0.25, -0.2) is 0 Å². The molecule has 4 heterocycles. The fraction of sp³-hybridized carbons (Fsp3) is 0.688. The Morgan fingerprint density at radius 2 is 2.13 bits per heavy atom. The van der Waals surface area contributed by atoms with Crippen LogP contribution in [0.5, 0.6) is 0 Å². The highest BCUT2D eigenvalue weighted by Gasteiger charge is 2.49. The van der Waals surface area contributed by atoms with Crippen molar-refractivity contribution in [1.82, 2.24) is 24.9 Å². The van der Waals surface area contributed by atoms with Crippen molar-refractivity contribution in [2.24, 2.45) is 12.5 Å². The van der Waals surface area contributed by atoms with Crippen molar-refractivity contribution in [3.63, 3.8) is 0 Å². The van der Waals surface area contributed by atoms with Crippen molar-refractivity contribution in [2.45, 2.75) is 25.3 Å². The topological polar surface area (TPSA) is 70.5 Å². The molecule has 7 heteroatoms. The van der Waals surface area contributed by atoms with Crippen LogP contribution in [-0.2, 0) is 11.8 Å². The number of piperidine rings is 1. The molecule has 1 spiro atoms. The fourth-order valence-electron chi connectivity index (χ4n) is 4.37. The minimum atomic E-state index is 0.0445. The molecule has 7 nitrogen and oxygen atoms in total. The molecule has 1 aromatic heterocycles. The van der Waals surface area contributed by atoms with E-state index in [0.29, 0.717) is 5.69 Å². The number of amides is 2. The molecule has 1 atom stereocenters. The van der Waals surface area contributed by atoms with Gasteiger partial charge in [-0.1, -0.05) is 0 Å². The van der Waals surface area contributed by atoms with Gasteiger partial charge in [-0.2, -0.15) is 5.10 Å². The fourth-order valence-corrected chi connectivity index (χ4v) is 4.37. The molecule has 0 radical (unpaired) electrons. The van der Waals surface area contributed by atoms with E-state index in [9.17, 15) is 9.59 Å². The van der Waals surface area contributed by atoms with Crippen LogP contribution in [0, 0.1) is 5.41 Å². The number of nitrogens with zero attached hydrogens (tertiary/aromatic N) is 4. The molecule has 0 aromatic carbocycles. The van der Waals surface area contributed by atoms with Gasteiger partial charge in [0.15, 0.2) is 0 Å². The normalized spacial score (nSPS) is 27.1. The third-order valence-electron chi connectivity index (χ3n) is 5.76. The number of fused-ring (bicyclic) bond motifs is 1. The molecule has 0 bridgehead atoms. The zero-order chi connectivity index (χ0) is 16.0. The van der Waals surface area contributed by atoms with Crippen molar-refractivity contribution in [1.29, 1.82) is 0 Å². The molecule has 124 valence electrons.